The lowest BCUT2D eigenvalue weighted by atomic mass is 9.92. The average Bonchev–Trinajstić information content (AvgIpc) is 2.75. The summed E-state index contributed by atoms with van der Waals surface area (Å²) in [4.78, 5) is 0. The molecule has 0 spiro atoms. The number of nitrogens with one attached hydrogen (secondary N) is 1. The van der Waals surface area contributed by atoms with Crippen LogP contribution in [0.5, 0.6) is 5.75 Å². The molecule has 1 aliphatic carbocycles. The van der Waals surface area contributed by atoms with Crippen molar-refractivity contribution in [2.75, 3.05) is 17.7 Å². The standard InChI is InChI=1S/C12H21N3OS/c1-4-16-9-10(13)15-17-11(9)14-8-5-6-12(2,3)7-8/h8,14H,4-7H2,1-3H3,(H2,13,15). The topological polar surface area (TPSA) is 60.2 Å². The molecule has 5 heteroatoms. The zero-order valence-corrected chi connectivity index (χ0v) is 11.6. The van der Waals surface area contributed by atoms with Gasteiger partial charge in [0.25, 0.3) is 0 Å². The van der Waals surface area contributed by atoms with E-state index >= 15 is 0 Å². The monoisotopic (exact) mass is 255 g/mol. The smallest absolute Gasteiger partial charge is 0.197 e. The maximum absolute atomic E-state index is 5.79. The lowest BCUT2D eigenvalue weighted by Gasteiger charge is -2.18. The van der Waals surface area contributed by atoms with Crippen LogP contribution < -0.4 is 15.8 Å². The maximum Gasteiger partial charge on any atom is 0.197 e. The molecule has 0 radical (unpaired) electrons. The molecule has 1 aliphatic rings. The molecule has 1 saturated carbocycles. The molecular weight excluding hydrogens is 234 g/mol. The first-order valence-electron chi connectivity index (χ1n) is 6.16. The minimum absolute atomic E-state index is 0.444. The van der Waals surface area contributed by atoms with Gasteiger partial charge in [-0.3, -0.25) is 0 Å². The molecule has 1 heterocycles. The molecule has 4 nitrogen and oxygen atoms in total. The highest BCUT2D eigenvalue weighted by Crippen LogP contribution is 2.41. The van der Waals surface area contributed by atoms with Crippen molar-refractivity contribution in [2.45, 2.75) is 46.1 Å². The second-order valence-corrected chi connectivity index (χ2v) is 6.18. The van der Waals surface area contributed by atoms with Gasteiger partial charge in [-0.1, -0.05) is 13.8 Å². The molecule has 1 aromatic heterocycles. The third kappa shape index (κ3) is 2.83. The lowest BCUT2D eigenvalue weighted by molar-refractivity contribution is 0.343. The number of ether oxygens (including phenoxy) is 1. The van der Waals surface area contributed by atoms with Crippen molar-refractivity contribution >= 4 is 22.4 Å². The number of anilines is 2. The number of rotatable bonds is 4. The van der Waals surface area contributed by atoms with Gasteiger partial charge in [0.15, 0.2) is 16.6 Å². The van der Waals surface area contributed by atoms with Gasteiger partial charge in [-0.2, -0.15) is 4.37 Å². The Morgan fingerprint density at radius 1 is 1.59 bits per heavy atom. The second-order valence-electron chi connectivity index (χ2n) is 5.41. The number of hydrogen-bond donors (Lipinski definition) is 2. The summed E-state index contributed by atoms with van der Waals surface area (Å²) in [5.41, 5.74) is 6.23. The molecule has 0 aliphatic heterocycles. The van der Waals surface area contributed by atoms with Crippen LogP contribution in [0.2, 0.25) is 0 Å². The van der Waals surface area contributed by atoms with Crippen LogP contribution in [-0.2, 0) is 0 Å². The van der Waals surface area contributed by atoms with Crippen LogP contribution in [0.1, 0.15) is 40.0 Å². The Bertz CT molecular complexity index is 389. The summed E-state index contributed by atoms with van der Waals surface area (Å²) >= 11 is 1.39. The van der Waals surface area contributed by atoms with E-state index in [1.54, 1.807) is 0 Å². The number of nitrogens with two attached hydrogens (primary N) is 1. The van der Waals surface area contributed by atoms with Crippen LogP contribution in [0.4, 0.5) is 10.8 Å². The summed E-state index contributed by atoms with van der Waals surface area (Å²) in [7, 11) is 0. The SMILES string of the molecule is CCOc1c(N)nsc1NC1CCC(C)(C)C1. The molecule has 0 amide bonds. The first-order valence-corrected chi connectivity index (χ1v) is 6.93. The molecule has 1 fully saturated rings. The van der Waals surface area contributed by atoms with Crippen molar-refractivity contribution in [2.24, 2.45) is 5.41 Å². The zero-order valence-electron chi connectivity index (χ0n) is 10.7. The van der Waals surface area contributed by atoms with Gasteiger partial charge in [0.2, 0.25) is 0 Å². The highest BCUT2D eigenvalue weighted by atomic mass is 32.1. The lowest BCUT2D eigenvalue weighted by Crippen LogP contribution is -2.17. The fourth-order valence-corrected chi connectivity index (χ4v) is 3.15. The Hall–Kier alpha value is -0.970. The quantitative estimate of drug-likeness (QED) is 0.868. The molecule has 1 aromatic rings. The highest BCUT2D eigenvalue weighted by Gasteiger charge is 2.31. The molecule has 0 aromatic carbocycles. The maximum atomic E-state index is 5.79. The van der Waals surface area contributed by atoms with Crippen molar-refractivity contribution in [1.82, 2.24) is 4.37 Å². The van der Waals surface area contributed by atoms with E-state index in [1.165, 1.54) is 30.8 Å². The largest absolute Gasteiger partial charge is 0.487 e. The predicted octanol–water partition coefficient (Wildman–Crippen LogP) is 3.11. The predicted molar refractivity (Wildman–Crippen MR) is 72.7 cm³/mol. The zero-order chi connectivity index (χ0) is 12.5. The van der Waals surface area contributed by atoms with Gasteiger partial charge in [-0.15, -0.1) is 0 Å². The summed E-state index contributed by atoms with van der Waals surface area (Å²) in [6, 6.07) is 0.518. The van der Waals surface area contributed by atoms with Gasteiger partial charge in [0.1, 0.15) is 0 Å². The van der Waals surface area contributed by atoms with E-state index in [-0.39, 0.29) is 0 Å². The Labute approximate surface area is 107 Å². The fraction of sp³-hybridized carbons (Fsp3) is 0.750. The van der Waals surface area contributed by atoms with E-state index in [9.17, 15) is 0 Å². The van der Waals surface area contributed by atoms with Gasteiger partial charge in [0, 0.05) is 6.04 Å². The van der Waals surface area contributed by atoms with E-state index < -0.39 is 0 Å². The minimum atomic E-state index is 0.444. The first kappa shape index (κ1) is 12.5. The van der Waals surface area contributed by atoms with Crippen LogP contribution in [0.25, 0.3) is 0 Å². The van der Waals surface area contributed by atoms with Crippen molar-refractivity contribution in [3.63, 3.8) is 0 Å². The van der Waals surface area contributed by atoms with Crippen LogP contribution >= 0.6 is 11.5 Å². The molecule has 17 heavy (non-hydrogen) atoms. The Kier molecular flexibility index (Phi) is 3.47. The summed E-state index contributed by atoms with van der Waals surface area (Å²) in [5, 5.41) is 4.50. The fourth-order valence-electron chi connectivity index (χ4n) is 2.41. The van der Waals surface area contributed by atoms with Crippen LogP contribution in [0.3, 0.4) is 0 Å². The van der Waals surface area contributed by atoms with Gasteiger partial charge in [-0.05, 0) is 43.1 Å². The molecule has 2 rings (SSSR count). The number of nitrogen functional groups attached to an aromatic ring is 1. The van der Waals surface area contributed by atoms with Crippen molar-refractivity contribution in [1.29, 1.82) is 0 Å². The van der Waals surface area contributed by atoms with E-state index in [0.717, 1.165) is 10.8 Å². The van der Waals surface area contributed by atoms with Crippen molar-refractivity contribution in [3.8, 4) is 5.75 Å². The molecule has 96 valence electrons. The van der Waals surface area contributed by atoms with Gasteiger partial charge < -0.3 is 15.8 Å². The van der Waals surface area contributed by atoms with Crippen molar-refractivity contribution in [3.05, 3.63) is 0 Å². The highest BCUT2D eigenvalue weighted by molar-refractivity contribution is 7.11. The third-order valence-electron chi connectivity index (χ3n) is 3.27. The number of aromatic nitrogens is 1. The molecule has 1 unspecified atom stereocenters. The summed E-state index contributed by atoms with van der Waals surface area (Å²) in [6.07, 6.45) is 3.66. The first-order chi connectivity index (χ1) is 8.02. The van der Waals surface area contributed by atoms with E-state index in [0.29, 0.717) is 23.9 Å². The third-order valence-corrected chi connectivity index (χ3v) is 4.04. The summed E-state index contributed by atoms with van der Waals surface area (Å²) in [6.45, 7) is 7.21. The normalized spacial score (nSPS) is 22.6. The molecule has 1 atom stereocenters. The molecular formula is C12H21N3OS. The Morgan fingerprint density at radius 3 is 2.94 bits per heavy atom. The number of nitrogens with zero attached hydrogens (tertiary/aromatic N) is 1. The Morgan fingerprint density at radius 2 is 2.35 bits per heavy atom. The van der Waals surface area contributed by atoms with Crippen LogP contribution in [-0.4, -0.2) is 17.0 Å². The summed E-state index contributed by atoms with van der Waals surface area (Å²) < 4.78 is 9.68. The van der Waals surface area contributed by atoms with Crippen LogP contribution in [0, 0.1) is 5.41 Å². The van der Waals surface area contributed by atoms with Gasteiger partial charge in [-0.25, -0.2) is 0 Å². The Balaban J connectivity index is 2.04. The number of hydrogen-bond acceptors (Lipinski definition) is 5. The van der Waals surface area contributed by atoms with Crippen molar-refractivity contribution < 1.29 is 4.74 Å². The molecule has 0 bridgehead atoms. The summed E-state index contributed by atoms with van der Waals surface area (Å²) in [5.74, 6) is 1.22. The van der Waals surface area contributed by atoms with Gasteiger partial charge in [0.05, 0.1) is 6.61 Å². The molecule has 0 saturated heterocycles. The van der Waals surface area contributed by atoms with Gasteiger partial charge >= 0.3 is 0 Å². The van der Waals surface area contributed by atoms with E-state index in [1.807, 2.05) is 6.92 Å². The van der Waals surface area contributed by atoms with E-state index in [2.05, 4.69) is 23.5 Å². The second kappa shape index (κ2) is 4.72. The van der Waals surface area contributed by atoms with Crippen LogP contribution in [0.15, 0.2) is 0 Å². The molecule has 3 N–H and O–H groups in total. The minimum Gasteiger partial charge on any atom is -0.487 e. The average molecular weight is 255 g/mol. The van der Waals surface area contributed by atoms with E-state index in [4.69, 9.17) is 10.5 Å².